The average Bonchev–Trinajstić information content (AvgIpc) is 2.23. The van der Waals surface area contributed by atoms with Crippen LogP contribution in [0, 0.1) is 6.92 Å². The summed E-state index contributed by atoms with van der Waals surface area (Å²) in [6.07, 6.45) is 0. The molecule has 0 radical (unpaired) electrons. The highest BCUT2D eigenvalue weighted by Crippen LogP contribution is 2.24. The number of nitrogens with one attached hydrogen (secondary N) is 1. The van der Waals surface area contributed by atoms with E-state index in [4.69, 9.17) is 9.11 Å². The minimum absolute atomic E-state index is 0.156. The molecule has 3 N–H and O–H groups in total. The van der Waals surface area contributed by atoms with Gasteiger partial charge < -0.3 is 5.32 Å². The molecule has 7 nitrogen and oxygen atoms in total. The number of benzene rings is 1. The predicted octanol–water partition coefficient (Wildman–Crippen LogP) is 0.598. The normalized spacial score (nSPS) is 12.6. The van der Waals surface area contributed by atoms with E-state index in [1.165, 1.54) is 6.92 Å². The summed E-state index contributed by atoms with van der Waals surface area (Å²) in [7, 11) is -9.13. The fraction of sp³-hybridized carbons (Fsp3) is 0.400. The van der Waals surface area contributed by atoms with Crippen LogP contribution in [0.25, 0.3) is 0 Å². The van der Waals surface area contributed by atoms with Crippen LogP contribution in [0.1, 0.15) is 18.1 Å². The van der Waals surface area contributed by atoms with Crippen LogP contribution in [-0.4, -0.2) is 32.5 Å². The van der Waals surface area contributed by atoms with Crippen LogP contribution in [0.4, 0.5) is 0 Å². The van der Waals surface area contributed by atoms with Crippen molar-refractivity contribution in [2.75, 3.05) is 6.54 Å². The molecular weight excluding hydrogens is 294 g/mol. The fourth-order valence-electron chi connectivity index (χ4n) is 1.61. The fourth-order valence-corrected chi connectivity index (χ4v) is 3.10. The van der Waals surface area contributed by atoms with Gasteiger partial charge in [0.05, 0.1) is 9.79 Å². The topological polar surface area (TPSA) is 121 Å². The molecule has 0 aliphatic heterocycles. The molecule has 0 unspecified atom stereocenters. The third kappa shape index (κ3) is 3.98. The Morgan fingerprint density at radius 2 is 1.68 bits per heavy atom. The van der Waals surface area contributed by atoms with Gasteiger partial charge in [0.15, 0.2) is 0 Å². The van der Waals surface area contributed by atoms with Gasteiger partial charge in [-0.05, 0) is 36.7 Å². The highest BCUT2D eigenvalue weighted by molar-refractivity contribution is 7.86. The van der Waals surface area contributed by atoms with Crippen molar-refractivity contribution in [1.82, 2.24) is 5.32 Å². The summed E-state index contributed by atoms with van der Waals surface area (Å²) in [5.41, 5.74) is 0.598. The van der Waals surface area contributed by atoms with E-state index in [9.17, 15) is 16.8 Å². The maximum Gasteiger partial charge on any atom is 0.294 e. The number of rotatable bonds is 5. The molecule has 0 saturated carbocycles. The molecule has 0 aliphatic carbocycles. The Morgan fingerprint density at radius 1 is 1.11 bits per heavy atom. The Morgan fingerprint density at radius 3 is 2.11 bits per heavy atom. The molecule has 19 heavy (non-hydrogen) atoms. The minimum atomic E-state index is -4.58. The van der Waals surface area contributed by atoms with Crippen molar-refractivity contribution in [1.29, 1.82) is 0 Å². The molecular formula is C10H15NO6S2. The lowest BCUT2D eigenvalue weighted by atomic mass is 10.1. The maximum absolute atomic E-state index is 11.3. The van der Waals surface area contributed by atoms with Crippen LogP contribution in [0.5, 0.6) is 0 Å². The highest BCUT2D eigenvalue weighted by Gasteiger charge is 2.22. The number of hydrogen-bond acceptors (Lipinski definition) is 5. The van der Waals surface area contributed by atoms with Gasteiger partial charge in [-0.15, -0.1) is 0 Å². The van der Waals surface area contributed by atoms with Crippen molar-refractivity contribution in [3.8, 4) is 0 Å². The van der Waals surface area contributed by atoms with Crippen LogP contribution >= 0.6 is 0 Å². The smallest absolute Gasteiger partial charge is 0.294 e. The van der Waals surface area contributed by atoms with E-state index in [0.29, 0.717) is 12.1 Å². The summed E-state index contributed by atoms with van der Waals surface area (Å²) in [5.74, 6) is 0. The SMILES string of the molecule is CCNCc1c(C)cc(S(=O)(=O)O)cc1S(=O)(=O)O. The maximum atomic E-state index is 11.3. The van der Waals surface area contributed by atoms with Gasteiger partial charge in [-0.1, -0.05) is 6.92 Å². The van der Waals surface area contributed by atoms with Crippen LogP contribution in [0.2, 0.25) is 0 Å². The van der Waals surface area contributed by atoms with Gasteiger partial charge in [0.2, 0.25) is 0 Å². The van der Waals surface area contributed by atoms with E-state index in [1.807, 2.05) is 6.92 Å². The zero-order valence-corrected chi connectivity index (χ0v) is 12.0. The van der Waals surface area contributed by atoms with Gasteiger partial charge in [0.25, 0.3) is 20.2 Å². The molecule has 1 aromatic carbocycles. The quantitative estimate of drug-likeness (QED) is 0.681. The van der Waals surface area contributed by atoms with Gasteiger partial charge in [-0.3, -0.25) is 9.11 Å². The van der Waals surface area contributed by atoms with E-state index >= 15 is 0 Å². The Bertz CT molecular complexity index is 678. The molecule has 0 saturated heterocycles. The summed E-state index contributed by atoms with van der Waals surface area (Å²) >= 11 is 0. The molecule has 1 aromatic rings. The first-order valence-corrected chi connectivity index (χ1v) is 8.24. The van der Waals surface area contributed by atoms with Crippen LogP contribution < -0.4 is 5.32 Å². The van der Waals surface area contributed by atoms with Crippen molar-refractivity contribution in [2.45, 2.75) is 30.2 Å². The Balaban J connectivity index is 3.58. The first-order chi connectivity index (χ1) is 8.57. The molecule has 1 rings (SSSR count). The second-order valence-electron chi connectivity index (χ2n) is 3.95. The lowest BCUT2D eigenvalue weighted by molar-refractivity contribution is 0.479. The van der Waals surface area contributed by atoms with Gasteiger partial charge >= 0.3 is 0 Å². The summed E-state index contributed by atoms with van der Waals surface area (Å²) in [6.45, 7) is 4.04. The molecule has 0 aliphatic rings. The van der Waals surface area contributed by atoms with E-state index in [2.05, 4.69) is 5.32 Å². The van der Waals surface area contributed by atoms with E-state index in [1.54, 1.807) is 0 Å². The van der Waals surface area contributed by atoms with Crippen molar-refractivity contribution in [3.63, 3.8) is 0 Å². The summed E-state index contributed by atoms with van der Waals surface area (Å²) in [6, 6.07) is 1.89. The monoisotopic (exact) mass is 309 g/mol. The van der Waals surface area contributed by atoms with E-state index in [0.717, 1.165) is 12.1 Å². The Hall–Kier alpha value is -1.00. The first-order valence-electron chi connectivity index (χ1n) is 5.36. The molecule has 0 heterocycles. The van der Waals surface area contributed by atoms with Gasteiger partial charge in [-0.25, -0.2) is 0 Å². The van der Waals surface area contributed by atoms with Crippen LogP contribution in [0.3, 0.4) is 0 Å². The molecule has 9 heteroatoms. The van der Waals surface area contributed by atoms with Gasteiger partial charge in [0, 0.05) is 6.54 Å². The zero-order valence-electron chi connectivity index (χ0n) is 10.4. The Kier molecular flexibility index (Phi) is 4.69. The molecule has 0 bridgehead atoms. The lowest BCUT2D eigenvalue weighted by Gasteiger charge is -2.12. The van der Waals surface area contributed by atoms with Crippen molar-refractivity contribution in [2.24, 2.45) is 0 Å². The second-order valence-corrected chi connectivity index (χ2v) is 6.76. The predicted molar refractivity (Wildman–Crippen MR) is 68.2 cm³/mol. The van der Waals surface area contributed by atoms with E-state index < -0.39 is 30.0 Å². The highest BCUT2D eigenvalue weighted by atomic mass is 32.2. The molecule has 0 aromatic heterocycles. The van der Waals surface area contributed by atoms with E-state index in [-0.39, 0.29) is 12.1 Å². The van der Waals surface area contributed by atoms with Crippen molar-refractivity contribution >= 4 is 20.2 Å². The standard InChI is InChI=1S/C10H15NO6S2/c1-3-11-6-9-7(2)4-8(18(12,13)14)5-10(9)19(15,16)17/h4-5,11H,3,6H2,1-2H3,(H,12,13,14)(H,15,16,17). The minimum Gasteiger partial charge on any atom is -0.313 e. The number of aryl methyl sites for hydroxylation is 1. The third-order valence-electron chi connectivity index (χ3n) is 2.53. The van der Waals surface area contributed by atoms with Gasteiger partial charge in [0.1, 0.15) is 0 Å². The molecule has 0 atom stereocenters. The molecule has 0 amide bonds. The zero-order chi connectivity index (χ0) is 14.8. The second kappa shape index (κ2) is 5.55. The van der Waals surface area contributed by atoms with Gasteiger partial charge in [-0.2, -0.15) is 16.8 Å². The van der Waals surface area contributed by atoms with Crippen LogP contribution in [0.15, 0.2) is 21.9 Å². The van der Waals surface area contributed by atoms with Crippen molar-refractivity contribution < 1.29 is 25.9 Å². The first kappa shape index (κ1) is 16.1. The summed E-state index contributed by atoms with van der Waals surface area (Å²) in [5, 5.41) is 2.89. The largest absolute Gasteiger partial charge is 0.313 e. The number of hydrogen-bond donors (Lipinski definition) is 3. The lowest BCUT2D eigenvalue weighted by Crippen LogP contribution is -2.17. The Labute approximate surface area is 112 Å². The third-order valence-corrected chi connectivity index (χ3v) is 4.28. The van der Waals surface area contributed by atoms with Crippen LogP contribution in [-0.2, 0) is 26.8 Å². The molecule has 0 spiro atoms. The summed E-state index contributed by atoms with van der Waals surface area (Å²) < 4.78 is 62.8. The van der Waals surface area contributed by atoms with Crippen molar-refractivity contribution in [3.05, 3.63) is 23.3 Å². The molecule has 108 valence electrons. The summed E-state index contributed by atoms with van der Waals surface area (Å²) in [4.78, 5) is -1.10. The average molecular weight is 309 g/mol. The molecule has 0 fully saturated rings.